The van der Waals surface area contributed by atoms with E-state index in [1.54, 1.807) is 12.1 Å². The summed E-state index contributed by atoms with van der Waals surface area (Å²) in [6.45, 7) is 3.72. The van der Waals surface area contributed by atoms with Gasteiger partial charge in [0.2, 0.25) is 5.89 Å². The summed E-state index contributed by atoms with van der Waals surface area (Å²) in [6, 6.07) is 17.0. The minimum atomic E-state index is -2.80. The minimum Gasteiger partial charge on any atom is -0.415 e. The molecule has 4 rings (SSSR count). The van der Waals surface area contributed by atoms with Crippen molar-refractivity contribution in [3.05, 3.63) is 66.1 Å². The van der Waals surface area contributed by atoms with Gasteiger partial charge in [0.1, 0.15) is 11.0 Å². The van der Waals surface area contributed by atoms with Crippen molar-refractivity contribution in [3.8, 4) is 11.5 Å². The van der Waals surface area contributed by atoms with Gasteiger partial charge in [0.05, 0.1) is 6.54 Å². The van der Waals surface area contributed by atoms with Gasteiger partial charge in [0.15, 0.2) is 0 Å². The van der Waals surface area contributed by atoms with Crippen LogP contribution in [0.5, 0.6) is 0 Å². The molecule has 1 aliphatic heterocycles. The summed E-state index contributed by atoms with van der Waals surface area (Å²) in [6.07, 6.45) is 1.90. The fourth-order valence-electron chi connectivity index (χ4n) is 3.94. The Balaban J connectivity index is 1.42. The fraction of sp³-hybridized carbons (Fsp3) is 0.417. The summed E-state index contributed by atoms with van der Waals surface area (Å²) in [5, 5.41) is 7.06. The van der Waals surface area contributed by atoms with Crippen LogP contribution in [0.2, 0.25) is 0 Å². The molecule has 0 N–H and O–H groups in total. The van der Waals surface area contributed by atoms with E-state index in [9.17, 15) is 13.0 Å². The first-order valence-electron chi connectivity index (χ1n) is 11.2. The predicted molar refractivity (Wildman–Crippen MR) is 125 cm³/mol. The van der Waals surface area contributed by atoms with Crippen molar-refractivity contribution in [2.75, 3.05) is 29.7 Å². The average molecular weight is 475 g/mol. The number of likely N-dealkylation sites (tertiary alicyclic amines) is 1. The number of halogens is 2. The van der Waals surface area contributed by atoms with Crippen LogP contribution < -0.4 is 4.31 Å². The van der Waals surface area contributed by atoms with E-state index in [0.717, 1.165) is 37.3 Å². The van der Waals surface area contributed by atoms with Gasteiger partial charge >= 0.3 is 6.43 Å². The lowest BCUT2D eigenvalue weighted by Gasteiger charge is -2.27. The Labute approximate surface area is 195 Å². The molecule has 0 amide bonds. The van der Waals surface area contributed by atoms with E-state index in [-0.39, 0.29) is 5.89 Å². The lowest BCUT2D eigenvalue weighted by Crippen LogP contribution is -2.33. The molecule has 1 atom stereocenters. The lowest BCUT2D eigenvalue weighted by molar-refractivity contribution is 0.116. The number of rotatable bonds is 10. The lowest BCUT2D eigenvalue weighted by atomic mass is 10.1. The van der Waals surface area contributed by atoms with Crippen molar-refractivity contribution in [1.82, 2.24) is 15.1 Å². The molecule has 176 valence electrons. The van der Waals surface area contributed by atoms with E-state index < -0.39 is 23.3 Å². The number of anilines is 1. The maximum atomic E-state index is 13.3. The molecule has 0 aliphatic carbocycles. The van der Waals surface area contributed by atoms with Crippen LogP contribution in [-0.4, -0.2) is 44.7 Å². The number of hydrogen-bond donors (Lipinski definition) is 0. The van der Waals surface area contributed by atoms with Crippen LogP contribution >= 0.6 is 0 Å². The monoisotopic (exact) mass is 474 g/mol. The summed E-state index contributed by atoms with van der Waals surface area (Å²) < 4.78 is 45.6. The van der Waals surface area contributed by atoms with E-state index in [0.29, 0.717) is 17.9 Å². The standard InChI is InChI=1S/C24H28F2N4O2S/c25-22(26)24-28-27-23(32-24)20-12-10-19(11-13-20)18-30(21-8-3-1-4-9-21)33(31)17-7-16-29-14-5-2-6-15-29/h1,3-4,8-13,22H,2,5-7,14-18H2. The minimum absolute atomic E-state index is 0.0538. The smallest absolute Gasteiger partial charge is 0.314 e. The van der Waals surface area contributed by atoms with Crippen LogP contribution in [0.25, 0.3) is 11.5 Å². The zero-order valence-corrected chi connectivity index (χ0v) is 19.2. The quantitative estimate of drug-likeness (QED) is 0.403. The highest BCUT2D eigenvalue weighted by Crippen LogP contribution is 2.25. The van der Waals surface area contributed by atoms with E-state index in [1.807, 2.05) is 46.8 Å². The SMILES string of the molecule is O=S(CCCN1CCCCC1)N(Cc1ccc(-c2nnc(C(F)F)o2)cc1)c1ccccc1. The number of piperidine rings is 1. The van der Waals surface area contributed by atoms with E-state index in [1.165, 1.54) is 19.3 Å². The van der Waals surface area contributed by atoms with Crippen LogP contribution in [0.3, 0.4) is 0 Å². The highest BCUT2D eigenvalue weighted by molar-refractivity contribution is 7.86. The Bertz CT molecular complexity index is 1020. The Morgan fingerprint density at radius 3 is 2.39 bits per heavy atom. The molecule has 1 unspecified atom stereocenters. The van der Waals surface area contributed by atoms with Crippen LogP contribution in [0.15, 0.2) is 59.0 Å². The molecule has 3 aromatic rings. The number of alkyl halides is 2. The second kappa shape index (κ2) is 11.5. The zero-order valence-electron chi connectivity index (χ0n) is 18.4. The van der Waals surface area contributed by atoms with Gasteiger partial charge in [-0.05, 0) is 68.7 Å². The summed E-state index contributed by atoms with van der Waals surface area (Å²) >= 11 is 0. The predicted octanol–water partition coefficient (Wildman–Crippen LogP) is 5.22. The highest BCUT2D eigenvalue weighted by Gasteiger charge is 2.18. The molecular formula is C24H28F2N4O2S. The molecule has 0 bridgehead atoms. The van der Waals surface area contributed by atoms with Crippen LogP contribution in [0.4, 0.5) is 14.5 Å². The first-order chi connectivity index (χ1) is 16.1. The van der Waals surface area contributed by atoms with Gasteiger partial charge in [-0.25, -0.2) is 4.21 Å². The van der Waals surface area contributed by atoms with Gasteiger partial charge in [0.25, 0.3) is 5.89 Å². The first-order valence-corrected chi connectivity index (χ1v) is 12.5. The fourth-order valence-corrected chi connectivity index (χ4v) is 5.18. The molecule has 2 aromatic carbocycles. The molecule has 33 heavy (non-hydrogen) atoms. The molecule has 1 aliphatic rings. The second-order valence-corrected chi connectivity index (χ2v) is 9.59. The molecule has 1 aromatic heterocycles. The van der Waals surface area contributed by atoms with E-state index in [2.05, 4.69) is 15.1 Å². The van der Waals surface area contributed by atoms with Gasteiger partial charge < -0.3 is 9.32 Å². The number of aromatic nitrogens is 2. The van der Waals surface area contributed by atoms with Crippen LogP contribution in [-0.2, 0) is 17.5 Å². The van der Waals surface area contributed by atoms with Gasteiger partial charge in [-0.15, -0.1) is 10.2 Å². The van der Waals surface area contributed by atoms with Crippen LogP contribution in [0.1, 0.15) is 43.6 Å². The molecule has 0 radical (unpaired) electrons. The molecule has 0 spiro atoms. The molecule has 9 heteroatoms. The molecule has 2 heterocycles. The average Bonchev–Trinajstić information content (AvgIpc) is 3.35. The van der Waals surface area contributed by atoms with Gasteiger partial charge in [0, 0.05) is 17.0 Å². The zero-order chi connectivity index (χ0) is 23.0. The first kappa shape index (κ1) is 23.5. The van der Waals surface area contributed by atoms with Crippen molar-refractivity contribution in [2.24, 2.45) is 0 Å². The summed E-state index contributed by atoms with van der Waals surface area (Å²) in [5.74, 6) is -0.0377. The summed E-state index contributed by atoms with van der Waals surface area (Å²) in [5.41, 5.74) is 2.41. The van der Waals surface area contributed by atoms with Crippen molar-refractivity contribution in [3.63, 3.8) is 0 Å². The number of hydrogen-bond acceptors (Lipinski definition) is 5. The Morgan fingerprint density at radius 1 is 1.00 bits per heavy atom. The van der Waals surface area contributed by atoms with Crippen molar-refractivity contribution in [2.45, 2.75) is 38.7 Å². The van der Waals surface area contributed by atoms with E-state index in [4.69, 9.17) is 4.42 Å². The second-order valence-electron chi connectivity index (χ2n) is 8.10. The number of benzene rings is 2. The van der Waals surface area contributed by atoms with Gasteiger partial charge in [-0.1, -0.05) is 36.8 Å². The molecule has 1 fully saturated rings. The molecule has 1 saturated heterocycles. The Morgan fingerprint density at radius 2 is 1.73 bits per heavy atom. The Kier molecular flexibility index (Phi) is 8.17. The topological polar surface area (TPSA) is 62.5 Å². The third-order valence-electron chi connectivity index (χ3n) is 5.69. The number of para-hydroxylation sites is 1. The van der Waals surface area contributed by atoms with Gasteiger partial charge in [-0.3, -0.25) is 4.31 Å². The Hall–Kier alpha value is -2.65. The maximum absolute atomic E-state index is 13.3. The van der Waals surface area contributed by atoms with Crippen molar-refractivity contribution < 1.29 is 17.4 Å². The summed E-state index contributed by atoms with van der Waals surface area (Å²) in [7, 11) is -1.17. The summed E-state index contributed by atoms with van der Waals surface area (Å²) in [4.78, 5) is 2.46. The molecule has 6 nitrogen and oxygen atoms in total. The molecular weight excluding hydrogens is 446 g/mol. The highest BCUT2D eigenvalue weighted by atomic mass is 32.2. The number of nitrogens with zero attached hydrogens (tertiary/aromatic N) is 4. The third kappa shape index (κ3) is 6.45. The molecule has 0 saturated carbocycles. The third-order valence-corrected chi connectivity index (χ3v) is 7.16. The van der Waals surface area contributed by atoms with E-state index >= 15 is 0 Å². The van der Waals surface area contributed by atoms with Crippen molar-refractivity contribution in [1.29, 1.82) is 0 Å². The normalized spacial score (nSPS) is 15.6. The maximum Gasteiger partial charge on any atom is 0.314 e. The van der Waals surface area contributed by atoms with Crippen molar-refractivity contribution >= 4 is 16.7 Å². The van der Waals surface area contributed by atoms with Gasteiger partial charge in [-0.2, -0.15) is 8.78 Å². The largest absolute Gasteiger partial charge is 0.415 e. The van der Waals surface area contributed by atoms with Crippen LogP contribution in [0, 0.1) is 0 Å².